The summed E-state index contributed by atoms with van der Waals surface area (Å²) in [5, 5.41) is 3.17. The fourth-order valence-electron chi connectivity index (χ4n) is 2.96. The smallest absolute Gasteiger partial charge is 0.226 e. The Morgan fingerprint density at radius 1 is 1.48 bits per heavy atom. The minimum atomic E-state index is 0.0717. The van der Waals surface area contributed by atoms with E-state index >= 15 is 0 Å². The van der Waals surface area contributed by atoms with Crippen molar-refractivity contribution >= 4 is 27.5 Å². The van der Waals surface area contributed by atoms with Crippen LogP contribution in [0.3, 0.4) is 0 Å². The largest absolute Gasteiger partial charge is 0.378 e. The van der Waals surface area contributed by atoms with E-state index < -0.39 is 0 Å². The van der Waals surface area contributed by atoms with Crippen LogP contribution in [0.4, 0.5) is 5.69 Å². The first-order chi connectivity index (χ1) is 10.2. The number of nitrogens with one attached hydrogen (secondary N) is 1. The Balaban J connectivity index is 1.51. The van der Waals surface area contributed by atoms with Gasteiger partial charge in [0.25, 0.3) is 0 Å². The molecule has 2 aliphatic rings. The van der Waals surface area contributed by atoms with Gasteiger partial charge in [0.1, 0.15) is 0 Å². The van der Waals surface area contributed by atoms with Crippen molar-refractivity contribution in [1.29, 1.82) is 0 Å². The van der Waals surface area contributed by atoms with Crippen LogP contribution < -0.4 is 10.2 Å². The number of anilines is 1. The van der Waals surface area contributed by atoms with Crippen molar-refractivity contribution < 1.29 is 9.53 Å². The highest BCUT2D eigenvalue weighted by molar-refractivity contribution is 9.10. The second kappa shape index (κ2) is 6.36. The SMILES string of the molecule is CCO[C@@H]1C[C@@H]1C(=O)N[C@H]1CCN(c2ccccc2Br)C1. The number of amides is 1. The van der Waals surface area contributed by atoms with Gasteiger partial charge in [0.15, 0.2) is 0 Å². The average Bonchev–Trinajstić information content (AvgIpc) is 3.09. The van der Waals surface area contributed by atoms with Gasteiger partial charge in [-0.05, 0) is 47.8 Å². The molecule has 1 aliphatic carbocycles. The number of carbonyl (C=O) groups excluding carboxylic acids is 1. The Kier molecular flexibility index (Phi) is 4.50. The van der Waals surface area contributed by atoms with Crippen molar-refractivity contribution in [2.75, 3.05) is 24.6 Å². The van der Waals surface area contributed by atoms with Gasteiger partial charge in [-0.3, -0.25) is 4.79 Å². The van der Waals surface area contributed by atoms with Crippen molar-refractivity contribution in [3.63, 3.8) is 0 Å². The van der Waals surface area contributed by atoms with Gasteiger partial charge >= 0.3 is 0 Å². The van der Waals surface area contributed by atoms with Crippen molar-refractivity contribution in [3.8, 4) is 0 Å². The highest BCUT2D eigenvalue weighted by Gasteiger charge is 2.44. The fourth-order valence-corrected chi connectivity index (χ4v) is 3.49. The summed E-state index contributed by atoms with van der Waals surface area (Å²) >= 11 is 3.59. The maximum atomic E-state index is 12.1. The second-order valence-electron chi connectivity index (χ2n) is 5.73. The molecular formula is C16H21BrN2O2. The number of halogens is 1. The Labute approximate surface area is 134 Å². The van der Waals surface area contributed by atoms with E-state index in [9.17, 15) is 4.79 Å². The second-order valence-corrected chi connectivity index (χ2v) is 6.58. The zero-order chi connectivity index (χ0) is 14.8. The Hall–Kier alpha value is -1.07. The van der Waals surface area contributed by atoms with Gasteiger partial charge in [-0.15, -0.1) is 0 Å². The van der Waals surface area contributed by atoms with E-state index in [0.717, 1.165) is 30.4 Å². The molecule has 1 N–H and O–H groups in total. The summed E-state index contributed by atoms with van der Waals surface area (Å²) < 4.78 is 6.59. The number of benzene rings is 1. The summed E-state index contributed by atoms with van der Waals surface area (Å²) in [6.45, 7) is 4.51. The average molecular weight is 353 g/mol. The summed E-state index contributed by atoms with van der Waals surface area (Å²) in [4.78, 5) is 14.5. The third kappa shape index (κ3) is 3.40. The van der Waals surface area contributed by atoms with Crippen LogP contribution >= 0.6 is 15.9 Å². The van der Waals surface area contributed by atoms with Crippen molar-refractivity contribution in [2.45, 2.75) is 31.9 Å². The van der Waals surface area contributed by atoms with Crippen molar-refractivity contribution in [2.24, 2.45) is 5.92 Å². The molecule has 0 bridgehead atoms. The number of para-hydroxylation sites is 1. The van der Waals surface area contributed by atoms with Crippen LogP contribution in [0.1, 0.15) is 19.8 Å². The summed E-state index contributed by atoms with van der Waals surface area (Å²) in [5.41, 5.74) is 1.20. The molecule has 2 fully saturated rings. The number of nitrogens with zero attached hydrogens (tertiary/aromatic N) is 1. The van der Waals surface area contributed by atoms with Crippen LogP contribution in [0.25, 0.3) is 0 Å². The lowest BCUT2D eigenvalue weighted by atomic mass is 10.2. The molecule has 1 heterocycles. The maximum Gasteiger partial charge on any atom is 0.226 e. The van der Waals surface area contributed by atoms with Crippen LogP contribution in [0, 0.1) is 5.92 Å². The van der Waals surface area contributed by atoms with Gasteiger partial charge < -0.3 is 15.0 Å². The number of rotatable bonds is 5. The van der Waals surface area contributed by atoms with E-state index in [0.29, 0.717) is 6.61 Å². The third-order valence-electron chi connectivity index (χ3n) is 4.18. The molecule has 3 atom stereocenters. The van der Waals surface area contributed by atoms with Crippen LogP contribution in [-0.4, -0.2) is 37.7 Å². The predicted molar refractivity (Wildman–Crippen MR) is 86.4 cm³/mol. The standard InChI is InChI=1S/C16H21BrN2O2/c1-2-21-15-9-12(15)16(20)18-11-7-8-19(10-11)14-6-4-3-5-13(14)17/h3-6,11-12,15H,2,7-10H2,1H3,(H,18,20)/t11-,12-,15+/m0/s1. The summed E-state index contributed by atoms with van der Waals surface area (Å²) in [6.07, 6.45) is 2.02. The first-order valence-corrected chi connectivity index (χ1v) is 8.39. The molecule has 1 saturated heterocycles. The van der Waals surface area contributed by atoms with Gasteiger partial charge in [0.05, 0.1) is 17.7 Å². The lowest BCUT2D eigenvalue weighted by Gasteiger charge is -2.20. The first-order valence-electron chi connectivity index (χ1n) is 7.60. The molecule has 4 nitrogen and oxygen atoms in total. The highest BCUT2D eigenvalue weighted by atomic mass is 79.9. The molecule has 0 spiro atoms. The minimum absolute atomic E-state index is 0.0717. The predicted octanol–water partition coefficient (Wildman–Crippen LogP) is 2.57. The van der Waals surface area contributed by atoms with Crippen LogP contribution in [0.2, 0.25) is 0 Å². The van der Waals surface area contributed by atoms with Gasteiger partial charge in [-0.25, -0.2) is 0 Å². The van der Waals surface area contributed by atoms with Gasteiger partial charge in [0.2, 0.25) is 5.91 Å². The number of hydrogen-bond acceptors (Lipinski definition) is 3. The normalized spacial score (nSPS) is 27.7. The molecule has 0 radical (unpaired) electrons. The van der Waals surface area contributed by atoms with Gasteiger partial charge in [-0.2, -0.15) is 0 Å². The monoisotopic (exact) mass is 352 g/mol. The van der Waals surface area contributed by atoms with Gasteiger partial charge in [-0.1, -0.05) is 12.1 Å². The zero-order valence-corrected chi connectivity index (χ0v) is 13.8. The highest BCUT2D eigenvalue weighted by Crippen LogP contribution is 2.34. The Morgan fingerprint density at radius 2 is 2.29 bits per heavy atom. The lowest BCUT2D eigenvalue weighted by molar-refractivity contribution is -0.123. The Bertz CT molecular complexity index is 523. The number of hydrogen-bond donors (Lipinski definition) is 1. The number of carbonyl (C=O) groups is 1. The van der Waals surface area contributed by atoms with Crippen molar-refractivity contribution in [3.05, 3.63) is 28.7 Å². The molecule has 21 heavy (non-hydrogen) atoms. The van der Waals surface area contributed by atoms with E-state index in [4.69, 9.17) is 4.74 Å². The fraction of sp³-hybridized carbons (Fsp3) is 0.562. The van der Waals surface area contributed by atoms with E-state index in [1.807, 2.05) is 19.1 Å². The molecule has 1 aliphatic heterocycles. The molecule has 1 amide bonds. The summed E-state index contributed by atoms with van der Waals surface area (Å²) in [5.74, 6) is 0.231. The van der Waals surface area contributed by atoms with E-state index in [-0.39, 0.29) is 24.0 Å². The van der Waals surface area contributed by atoms with E-state index in [1.165, 1.54) is 5.69 Å². The number of ether oxygens (including phenoxy) is 1. The minimum Gasteiger partial charge on any atom is -0.378 e. The molecule has 1 saturated carbocycles. The Morgan fingerprint density at radius 3 is 3.05 bits per heavy atom. The maximum absolute atomic E-state index is 12.1. The lowest BCUT2D eigenvalue weighted by Crippen LogP contribution is -2.38. The quantitative estimate of drug-likeness (QED) is 0.885. The van der Waals surface area contributed by atoms with Gasteiger partial charge in [0, 0.05) is 30.2 Å². The molecular weight excluding hydrogens is 332 g/mol. The molecule has 1 aromatic rings. The van der Waals surface area contributed by atoms with E-state index in [2.05, 4.69) is 38.3 Å². The summed E-state index contributed by atoms with van der Waals surface area (Å²) in [6, 6.07) is 8.47. The first kappa shape index (κ1) is 14.9. The van der Waals surface area contributed by atoms with E-state index in [1.54, 1.807) is 0 Å². The van der Waals surface area contributed by atoms with Crippen LogP contribution in [-0.2, 0) is 9.53 Å². The molecule has 3 rings (SSSR count). The summed E-state index contributed by atoms with van der Waals surface area (Å²) in [7, 11) is 0. The van der Waals surface area contributed by atoms with Crippen molar-refractivity contribution in [1.82, 2.24) is 5.32 Å². The van der Waals surface area contributed by atoms with Crippen LogP contribution in [0.5, 0.6) is 0 Å². The molecule has 1 aromatic carbocycles. The molecule has 114 valence electrons. The zero-order valence-electron chi connectivity index (χ0n) is 12.2. The molecule has 5 heteroatoms. The molecule has 0 aromatic heterocycles. The third-order valence-corrected chi connectivity index (χ3v) is 4.85. The molecule has 0 unspecified atom stereocenters. The topological polar surface area (TPSA) is 41.6 Å². The van der Waals surface area contributed by atoms with Crippen LogP contribution in [0.15, 0.2) is 28.7 Å².